The number of hydrogen-bond donors (Lipinski definition) is 1. The summed E-state index contributed by atoms with van der Waals surface area (Å²) in [5.74, 6) is 0.0805. The lowest BCUT2D eigenvalue weighted by molar-refractivity contribution is -0.123. The second-order valence-corrected chi connectivity index (χ2v) is 9.68. The number of hydrogen-bond acceptors (Lipinski definition) is 3. The Hall–Kier alpha value is -2.66. The van der Waals surface area contributed by atoms with Gasteiger partial charge >= 0.3 is 0 Å². The molecule has 5 rings (SSSR count). The standard InChI is InChI=1S/C26H25BrN2O2/c1-17-23-12-9-19-14-28-29(15-18-7-10-22(27)11-8-18)25(19)26(23,13-20(16-30)24(17)31)21-5-3-2-4-6-21/h2-8,10-11,14,16-17,23,30H,9,12-13,15H2,1H3/b20-16-/t17-,23-,26+/m0/s1. The molecule has 2 aliphatic rings. The second-order valence-electron chi connectivity index (χ2n) is 8.77. The van der Waals surface area contributed by atoms with Gasteiger partial charge in [-0.1, -0.05) is 65.3 Å². The van der Waals surface area contributed by atoms with Crippen LogP contribution in [0.2, 0.25) is 0 Å². The fourth-order valence-electron chi connectivity index (χ4n) is 5.79. The Morgan fingerprint density at radius 3 is 2.65 bits per heavy atom. The van der Waals surface area contributed by atoms with Crippen LogP contribution in [0.15, 0.2) is 77.1 Å². The van der Waals surface area contributed by atoms with Crippen LogP contribution in [0.4, 0.5) is 0 Å². The van der Waals surface area contributed by atoms with Crippen LogP contribution in [0, 0.1) is 11.8 Å². The molecule has 0 aliphatic heterocycles. The van der Waals surface area contributed by atoms with Crippen LogP contribution in [0.25, 0.3) is 0 Å². The van der Waals surface area contributed by atoms with Gasteiger partial charge in [-0.25, -0.2) is 0 Å². The fourth-order valence-corrected chi connectivity index (χ4v) is 6.06. The fraction of sp³-hybridized carbons (Fsp3) is 0.308. The van der Waals surface area contributed by atoms with Gasteiger partial charge in [0.05, 0.1) is 24.7 Å². The third-order valence-electron chi connectivity index (χ3n) is 7.19. The summed E-state index contributed by atoms with van der Waals surface area (Å²) in [5.41, 5.74) is 4.93. The van der Waals surface area contributed by atoms with Crippen LogP contribution in [-0.2, 0) is 23.2 Å². The van der Waals surface area contributed by atoms with Gasteiger partial charge in [0, 0.05) is 21.4 Å². The molecule has 0 amide bonds. The number of aliphatic hydroxyl groups is 1. The number of carbonyl (C=O) groups is 1. The van der Waals surface area contributed by atoms with Gasteiger partial charge in [-0.2, -0.15) is 5.10 Å². The van der Waals surface area contributed by atoms with E-state index in [0.717, 1.165) is 23.6 Å². The third kappa shape index (κ3) is 3.18. The number of rotatable bonds is 3. The zero-order chi connectivity index (χ0) is 21.6. The maximum Gasteiger partial charge on any atom is 0.165 e. The zero-order valence-corrected chi connectivity index (χ0v) is 19.0. The first-order valence-electron chi connectivity index (χ1n) is 10.8. The average Bonchev–Trinajstić information content (AvgIpc) is 3.21. The molecule has 1 heterocycles. The lowest BCUT2D eigenvalue weighted by atomic mass is 9.52. The highest BCUT2D eigenvalue weighted by atomic mass is 79.9. The predicted molar refractivity (Wildman–Crippen MR) is 124 cm³/mol. The van der Waals surface area contributed by atoms with Crippen molar-refractivity contribution in [2.24, 2.45) is 11.8 Å². The summed E-state index contributed by atoms with van der Waals surface area (Å²) in [7, 11) is 0. The number of ketones is 1. The van der Waals surface area contributed by atoms with Crippen LogP contribution >= 0.6 is 15.9 Å². The van der Waals surface area contributed by atoms with Gasteiger partial charge in [-0.05, 0) is 54.0 Å². The van der Waals surface area contributed by atoms with Gasteiger partial charge in [0.2, 0.25) is 0 Å². The molecule has 31 heavy (non-hydrogen) atoms. The molecule has 3 aromatic rings. The molecule has 5 heteroatoms. The van der Waals surface area contributed by atoms with E-state index in [0.29, 0.717) is 18.5 Å². The number of aromatic nitrogens is 2. The number of carbonyl (C=O) groups excluding carboxylic acids is 1. The normalized spacial score (nSPS) is 26.5. The maximum atomic E-state index is 13.0. The Balaban J connectivity index is 1.72. The Bertz CT molecular complexity index is 1150. The van der Waals surface area contributed by atoms with Crippen LogP contribution in [0.5, 0.6) is 0 Å². The molecular weight excluding hydrogens is 452 g/mol. The van der Waals surface area contributed by atoms with Crippen LogP contribution in [0.3, 0.4) is 0 Å². The van der Waals surface area contributed by atoms with E-state index in [2.05, 4.69) is 69.1 Å². The van der Waals surface area contributed by atoms with Crippen molar-refractivity contribution in [3.63, 3.8) is 0 Å². The van der Waals surface area contributed by atoms with Gasteiger partial charge in [-0.15, -0.1) is 0 Å². The highest BCUT2D eigenvalue weighted by molar-refractivity contribution is 9.10. The van der Waals surface area contributed by atoms with Crippen molar-refractivity contribution < 1.29 is 9.90 Å². The van der Waals surface area contributed by atoms with Crippen LogP contribution in [0.1, 0.15) is 42.1 Å². The first-order chi connectivity index (χ1) is 15.0. The molecule has 3 atom stereocenters. The quantitative estimate of drug-likeness (QED) is 0.395. The number of nitrogens with zero attached hydrogens (tertiary/aromatic N) is 2. The molecule has 1 aromatic heterocycles. The third-order valence-corrected chi connectivity index (χ3v) is 7.72. The molecule has 0 spiro atoms. The minimum atomic E-state index is -0.386. The Labute approximate surface area is 190 Å². The van der Waals surface area contributed by atoms with E-state index in [1.807, 2.05) is 19.2 Å². The highest BCUT2D eigenvalue weighted by Crippen LogP contribution is 2.56. The summed E-state index contributed by atoms with van der Waals surface area (Å²) in [4.78, 5) is 13.0. The lowest BCUT2D eigenvalue weighted by Gasteiger charge is -2.50. The van der Waals surface area contributed by atoms with E-state index in [1.165, 1.54) is 22.4 Å². The Morgan fingerprint density at radius 1 is 1.19 bits per heavy atom. The summed E-state index contributed by atoms with van der Waals surface area (Å²) < 4.78 is 3.17. The maximum absolute atomic E-state index is 13.0. The van der Waals surface area contributed by atoms with Crippen molar-refractivity contribution in [3.05, 3.63) is 99.5 Å². The van der Waals surface area contributed by atoms with Crippen molar-refractivity contribution in [1.82, 2.24) is 9.78 Å². The minimum absolute atomic E-state index is 0.0708. The largest absolute Gasteiger partial charge is 0.515 e. The topological polar surface area (TPSA) is 55.1 Å². The average molecular weight is 477 g/mol. The molecule has 0 radical (unpaired) electrons. The smallest absolute Gasteiger partial charge is 0.165 e. The number of benzene rings is 2. The van der Waals surface area contributed by atoms with E-state index in [9.17, 15) is 9.90 Å². The molecule has 2 aliphatic carbocycles. The molecule has 4 nitrogen and oxygen atoms in total. The highest BCUT2D eigenvalue weighted by Gasteiger charge is 2.55. The number of allylic oxidation sites excluding steroid dienone is 1. The van der Waals surface area contributed by atoms with Crippen molar-refractivity contribution in [1.29, 1.82) is 0 Å². The molecule has 0 bridgehead atoms. The number of Topliss-reactive ketones (excluding diaryl/α,β-unsaturated/α-hetero) is 1. The molecule has 0 saturated heterocycles. The van der Waals surface area contributed by atoms with E-state index >= 15 is 0 Å². The molecule has 2 aromatic carbocycles. The Kier molecular flexibility index (Phi) is 5.09. The van der Waals surface area contributed by atoms with Gasteiger partial charge in [0.25, 0.3) is 0 Å². The summed E-state index contributed by atoms with van der Waals surface area (Å²) in [5, 5.41) is 14.8. The van der Waals surface area contributed by atoms with E-state index in [-0.39, 0.29) is 23.0 Å². The van der Waals surface area contributed by atoms with Gasteiger partial charge < -0.3 is 5.11 Å². The van der Waals surface area contributed by atoms with Crippen LogP contribution in [-0.4, -0.2) is 20.7 Å². The van der Waals surface area contributed by atoms with Gasteiger partial charge in [-0.3, -0.25) is 9.48 Å². The molecule has 158 valence electrons. The number of aliphatic hydroxyl groups excluding tert-OH is 1. The first kappa shape index (κ1) is 20.3. The van der Waals surface area contributed by atoms with E-state index in [1.54, 1.807) is 0 Å². The molecular formula is C26H25BrN2O2. The lowest BCUT2D eigenvalue weighted by Crippen LogP contribution is -2.51. The molecule has 0 unspecified atom stereocenters. The first-order valence-corrected chi connectivity index (χ1v) is 11.6. The Morgan fingerprint density at radius 2 is 1.94 bits per heavy atom. The molecule has 1 saturated carbocycles. The van der Waals surface area contributed by atoms with Crippen molar-refractivity contribution in [2.75, 3.05) is 0 Å². The molecule has 1 fully saturated rings. The zero-order valence-electron chi connectivity index (χ0n) is 17.5. The summed E-state index contributed by atoms with van der Waals surface area (Å²) in [6.45, 7) is 2.69. The number of aryl methyl sites for hydroxylation is 1. The number of halogens is 1. The van der Waals surface area contributed by atoms with E-state index < -0.39 is 0 Å². The van der Waals surface area contributed by atoms with Crippen molar-refractivity contribution in [2.45, 2.75) is 38.1 Å². The summed E-state index contributed by atoms with van der Waals surface area (Å²) in [6, 6.07) is 18.8. The van der Waals surface area contributed by atoms with Crippen molar-refractivity contribution in [3.8, 4) is 0 Å². The summed E-state index contributed by atoms with van der Waals surface area (Å²) >= 11 is 3.51. The monoisotopic (exact) mass is 476 g/mol. The predicted octanol–water partition coefficient (Wildman–Crippen LogP) is 5.59. The number of fused-ring (bicyclic) bond motifs is 3. The van der Waals surface area contributed by atoms with E-state index in [4.69, 9.17) is 5.10 Å². The van der Waals surface area contributed by atoms with Crippen LogP contribution < -0.4 is 0 Å². The SMILES string of the molecule is C[C@@H]1C(=O)/C(=C\O)C[C@]2(c3ccccc3)c3c(cnn3Cc3ccc(Br)cc3)CC[C@@H]12. The van der Waals surface area contributed by atoms with Crippen molar-refractivity contribution >= 4 is 21.7 Å². The molecule has 1 N–H and O–H groups in total. The second kappa shape index (κ2) is 7.79. The minimum Gasteiger partial charge on any atom is -0.515 e. The van der Waals surface area contributed by atoms with Gasteiger partial charge in [0.15, 0.2) is 5.78 Å². The van der Waals surface area contributed by atoms with Gasteiger partial charge in [0.1, 0.15) is 0 Å². The summed E-state index contributed by atoms with van der Waals surface area (Å²) in [6.07, 6.45) is 5.39.